The molecule has 3 nitrogen and oxygen atoms in total. The van der Waals surface area contributed by atoms with Gasteiger partial charge in [0.15, 0.2) is 0 Å². The predicted molar refractivity (Wildman–Crippen MR) is 46.4 cm³/mol. The summed E-state index contributed by atoms with van der Waals surface area (Å²) in [7, 11) is 0. The Kier molecular flexibility index (Phi) is 3.31. The van der Waals surface area contributed by atoms with E-state index in [1.165, 1.54) is 6.20 Å². The molecule has 0 aliphatic heterocycles. The summed E-state index contributed by atoms with van der Waals surface area (Å²) in [6.07, 6.45) is 1.05. The zero-order valence-electron chi connectivity index (χ0n) is 6.70. The number of aliphatic hydroxyl groups excluding tert-OH is 1. The van der Waals surface area contributed by atoms with Crippen LogP contribution in [0.25, 0.3) is 0 Å². The molecule has 1 aromatic heterocycles. The van der Waals surface area contributed by atoms with Crippen LogP contribution in [-0.2, 0) is 0 Å². The fourth-order valence-electron chi connectivity index (χ4n) is 0.664. The topological polar surface area (TPSA) is 42.4 Å². The number of aliphatic hydroxyl groups is 1. The van der Waals surface area contributed by atoms with E-state index in [2.05, 4.69) is 4.98 Å². The first-order chi connectivity index (χ1) is 5.68. The highest BCUT2D eigenvalue weighted by atomic mass is 35.5. The van der Waals surface area contributed by atoms with Crippen molar-refractivity contribution >= 4 is 11.6 Å². The lowest BCUT2D eigenvalue weighted by Gasteiger charge is -2.06. The predicted octanol–water partition coefficient (Wildman–Crippen LogP) is 1.49. The lowest BCUT2D eigenvalue weighted by molar-refractivity contribution is 0.122. The van der Waals surface area contributed by atoms with Gasteiger partial charge in [0.05, 0.1) is 12.3 Å². The van der Waals surface area contributed by atoms with Crippen LogP contribution in [0.1, 0.15) is 6.92 Å². The molecule has 0 bridgehead atoms. The molecule has 1 heterocycles. The molecule has 0 fully saturated rings. The molecule has 0 aromatic carbocycles. The van der Waals surface area contributed by atoms with Gasteiger partial charge >= 0.3 is 0 Å². The Bertz CT molecular complexity index is 235. The minimum Gasteiger partial charge on any atom is -0.489 e. The maximum atomic E-state index is 8.90. The average molecular weight is 188 g/mol. The highest BCUT2D eigenvalue weighted by Crippen LogP contribution is 2.11. The van der Waals surface area contributed by atoms with Gasteiger partial charge in [-0.1, -0.05) is 11.6 Å². The number of nitrogens with zero attached hydrogens (tertiary/aromatic N) is 1. The molecule has 0 saturated carbocycles. The third kappa shape index (κ3) is 3.07. The lowest BCUT2D eigenvalue weighted by atomic mass is 10.4. The van der Waals surface area contributed by atoms with Crippen molar-refractivity contribution < 1.29 is 9.84 Å². The standard InChI is InChI=1S/C8H10ClNO2/c1-6(11)5-12-7-2-3-8(9)10-4-7/h2-4,6,11H,5H2,1H3. The molecular weight excluding hydrogens is 178 g/mol. The minimum atomic E-state index is -0.472. The van der Waals surface area contributed by atoms with E-state index in [1.54, 1.807) is 19.1 Å². The minimum absolute atomic E-state index is 0.267. The van der Waals surface area contributed by atoms with Crippen LogP contribution in [-0.4, -0.2) is 22.8 Å². The third-order valence-corrected chi connectivity index (χ3v) is 1.42. The highest BCUT2D eigenvalue weighted by molar-refractivity contribution is 6.29. The molecule has 0 amide bonds. The van der Waals surface area contributed by atoms with Crippen molar-refractivity contribution in [2.24, 2.45) is 0 Å². The van der Waals surface area contributed by atoms with E-state index < -0.39 is 6.10 Å². The SMILES string of the molecule is CC(O)COc1ccc(Cl)nc1. The summed E-state index contributed by atoms with van der Waals surface area (Å²) in [6.45, 7) is 1.92. The fraction of sp³-hybridized carbons (Fsp3) is 0.375. The van der Waals surface area contributed by atoms with Crippen molar-refractivity contribution in [3.05, 3.63) is 23.5 Å². The summed E-state index contributed by atoms with van der Waals surface area (Å²) in [5.74, 6) is 0.611. The quantitative estimate of drug-likeness (QED) is 0.730. The van der Waals surface area contributed by atoms with Gasteiger partial charge in [0.2, 0.25) is 0 Å². The van der Waals surface area contributed by atoms with Crippen LogP contribution in [0.2, 0.25) is 5.15 Å². The number of aromatic nitrogens is 1. The summed E-state index contributed by atoms with van der Waals surface area (Å²) in [4.78, 5) is 3.82. The number of rotatable bonds is 3. The van der Waals surface area contributed by atoms with Crippen molar-refractivity contribution in [3.63, 3.8) is 0 Å². The van der Waals surface area contributed by atoms with Crippen molar-refractivity contribution in [2.45, 2.75) is 13.0 Å². The number of hydrogen-bond donors (Lipinski definition) is 1. The summed E-state index contributed by atoms with van der Waals surface area (Å²) in [5, 5.41) is 9.33. The molecule has 1 unspecified atom stereocenters. The lowest BCUT2D eigenvalue weighted by Crippen LogP contribution is -2.12. The second-order valence-corrected chi connectivity index (χ2v) is 2.86. The summed E-state index contributed by atoms with van der Waals surface area (Å²) in [6, 6.07) is 3.34. The average Bonchev–Trinajstić information content (AvgIpc) is 2.03. The summed E-state index contributed by atoms with van der Waals surface area (Å²) in [5.41, 5.74) is 0. The Morgan fingerprint density at radius 2 is 2.42 bits per heavy atom. The largest absolute Gasteiger partial charge is 0.489 e. The first kappa shape index (κ1) is 9.29. The maximum absolute atomic E-state index is 8.90. The molecule has 1 N–H and O–H groups in total. The molecule has 12 heavy (non-hydrogen) atoms. The highest BCUT2D eigenvalue weighted by Gasteiger charge is 1.97. The van der Waals surface area contributed by atoms with Gasteiger partial charge in [-0.25, -0.2) is 4.98 Å². The van der Waals surface area contributed by atoms with Gasteiger partial charge in [-0.2, -0.15) is 0 Å². The molecule has 0 aliphatic rings. The van der Waals surface area contributed by atoms with E-state index in [0.29, 0.717) is 10.9 Å². The van der Waals surface area contributed by atoms with E-state index in [-0.39, 0.29) is 6.61 Å². The molecule has 1 atom stereocenters. The van der Waals surface area contributed by atoms with Crippen molar-refractivity contribution in [1.82, 2.24) is 4.98 Å². The van der Waals surface area contributed by atoms with Crippen LogP contribution in [0.5, 0.6) is 5.75 Å². The van der Waals surface area contributed by atoms with E-state index in [0.717, 1.165) is 0 Å². The van der Waals surface area contributed by atoms with Gasteiger partial charge in [0.25, 0.3) is 0 Å². The van der Waals surface area contributed by atoms with Gasteiger partial charge in [0, 0.05) is 0 Å². The molecule has 66 valence electrons. The van der Waals surface area contributed by atoms with Gasteiger partial charge < -0.3 is 9.84 Å². The second kappa shape index (κ2) is 4.28. The number of ether oxygens (including phenoxy) is 1. The smallest absolute Gasteiger partial charge is 0.137 e. The normalized spacial score (nSPS) is 12.6. The van der Waals surface area contributed by atoms with Gasteiger partial charge in [-0.3, -0.25) is 0 Å². The van der Waals surface area contributed by atoms with E-state index >= 15 is 0 Å². The van der Waals surface area contributed by atoms with Gasteiger partial charge in [0.1, 0.15) is 17.5 Å². The molecule has 4 heteroatoms. The number of pyridine rings is 1. The van der Waals surface area contributed by atoms with Crippen LogP contribution in [0.15, 0.2) is 18.3 Å². The first-order valence-electron chi connectivity index (χ1n) is 3.61. The van der Waals surface area contributed by atoms with E-state index in [9.17, 15) is 0 Å². The zero-order chi connectivity index (χ0) is 8.97. The van der Waals surface area contributed by atoms with Gasteiger partial charge in [-0.05, 0) is 19.1 Å². The van der Waals surface area contributed by atoms with Crippen LogP contribution < -0.4 is 4.74 Å². The van der Waals surface area contributed by atoms with Crippen molar-refractivity contribution in [1.29, 1.82) is 0 Å². The van der Waals surface area contributed by atoms with Crippen LogP contribution in [0.3, 0.4) is 0 Å². The molecule has 0 aliphatic carbocycles. The van der Waals surface area contributed by atoms with Crippen LogP contribution in [0, 0.1) is 0 Å². The summed E-state index contributed by atoms with van der Waals surface area (Å²) >= 11 is 5.56. The molecule has 1 aromatic rings. The molecule has 1 rings (SSSR count). The Labute approximate surface area is 76.0 Å². The fourth-order valence-corrected chi connectivity index (χ4v) is 0.776. The Morgan fingerprint density at radius 3 is 2.92 bits per heavy atom. The number of halogens is 1. The zero-order valence-corrected chi connectivity index (χ0v) is 7.45. The van der Waals surface area contributed by atoms with Crippen molar-refractivity contribution in [3.8, 4) is 5.75 Å². The Morgan fingerprint density at radius 1 is 1.67 bits per heavy atom. The summed E-state index contributed by atoms with van der Waals surface area (Å²) < 4.78 is 5.15. The molecular formula is C8H10ClNO2. The van der Waals surface area contributed by atoms with Crippen LogP contribution in [0.4, 0.5) is 0 Å². The third-order valence-electron chi connectivity index (χ3n) is 1.19. The second-order valence-electron chi connectivity index (χ2n) is 2.48. The van der Waals surface area contributed by atoms with Crippen LogP contribution >= 0.6 is 11.6 Å². The molecule has 0 saturated heterocycles. The maximum Gasteiger partial charge on any atom is 0.137 e. The monoisotopic (exact) mass is 187 g/mol. The Hall–Kier alpha value is -0.800. The Balaban J connectivity index is 2.48. The molecule has 0 radical (unpaired) electrons. The van der Waals surface area contributed by atoms with Gasteiger partial charge in [-0.15, -0.1) is 0 Å². The van der Waals surface area contributed by atoms with E-state index in [4.69, 9.17) is 21.4 Å². The van der Waals surface area contributed by atoms with E-state index in [1.807, 2.05) is 0 Å². The number of hydrogen-bond acceptors (Lipinski definition) is 3. The first-order valence-corrected chi connectivity index (χ1v) is 3.98. The van der Waals surface area contributed by atoms with Crippen molar-refractivity contribution in [2.75, 3.05) is 6.61 Å². The molecule has 0 spiro atoms.